The topological polar surface area (TPSA) is 43.8 Å². The van der Waals surface area contributed by atoms with E-state index in [1.165, 1.54) is 12.8 Å². The largest absolute Gasteiger partial charge is 0.389 e. The van der Waals surface area contributed by atoms with E-state index in [0.717, 1.165) is 38.9 Å². The molecule has 2 heterocycles. The summed E-state index contributed by atoms with van der Waals surface area (Å²) in [5, 5.41) is 9.87. The minimum absolute atomic E-state index is 0.240. The van der Waals surface area contributed by atoms with Crippen molar-refractivity contribution in [2.24, 2.45) is 0 Å². The van der Waals surface area contributed by atoms with Gasteiger partial charge >= 0.3 is 0 Å². The molecule has 0 aromatic rings. The van der Waals surface area contributed by atoms with Gasteiger partial charge in [-0.3, -0.25) is 9.69 Å². The minimum Gasteiger partial charge on any atom is -0.389 e. The number of β-amino-alcohol motifs (C(OH)–C–C–N with tert-alkyl or cyclic N) is 1. The molecule has 2 aliphatic heterocycles. The second kappa shape index (κ2) is 5.36. The average molecular weight is 240 g/mol. The Bertz CT molecular complexity index is 271. The maximum Gasteiger partial charge on any atom is 0.236 e. The van der Waals surface area contributed by atoms with Gasteiger partial charge in [0.15, 0.2) is 0 Å². The number of nitrogens with zero attached hydrogens (tertiary/aromatic N) is 2. The van der Waals surface area contributed by atoms with Crippen molar-refractivity contribution in [3.05, 3.63) is 0 Å². The van der Waals surface area contributed by atoms with E-state index in [4.69, 9.17) is 0 Å². The van der Waals surface area contributed by atoms with E-state index in [1.54, 1.807) is 0 Å². The predicted molar refractivity (Wildman–Crippen MR) is 66.7 cm³/mol. The summed E-state index contributed by atoms with van der Waals surface area (Å²) >= 11 is 0. The lowest BCUT2D eigenvalue weighted by atomic mass is 10.1. The molecule has 0 saturated carbocycles. The van der Waals surface area contributed by atoms with Gasteiger partial charge in [-0.2, -0.15) is 0 Å². The van der Waals surface area contributed by atoms with Crippen LogP contribution in [0.5, 0.6) is 0 Å². The van der Waals surface area contributed by atoms with E-state index in [1.807, 2.05) is 11.8 Å². The number of likely N-dealkylation sites (tertiary alicyclic amines) is 2. The van der Waals surface area contributed by atoms with Crippen molar-refractivity contribution in [3.63, 3.8) is 0 Å². The molecule has 4 heteroatoms. The highest BCUT2D eigenvalue weighted by Crippen LogP contribution is 2.20. The summed E-state index contributed by atoms with van der Waals surface area (Å²) in [6.45, 7) is 5.64. The minimum atomic E-state index is -0.598. The van der Waals surface area contributed by atoms with Crippen LogP contribution in [0, 0.1) is 0 Å². The van der Waals surface area contributed by atoms with Crippen molar-refractivity contribution in [2.75, 3.05) is 32.7 Å². The summed E-state index contributed by atoms with van der Waals surface area (Å²) in [6.07, 6.45) is 5.57. The molecule has 0 aromatic carbocycles. The van der Waals surface area contributed by atoms with Crippen LogP contribution >= 0.6 is 0 Å². The highest BCUT2D eigenvalue weighted by molar-refractivity contribution is 5.78. The van der Waals surface area contributed by atoms with E-state index in [2.05, 4.69) is 4.90 Å². The normalized spacial score (nSPS) is 31.5. The molecule has 0 aliphatic carbocycles. The number of hydrogen-bond acceptors (Lipinski definition) is 3. The van der Waals surface area contributed by atoms with E-state index >= 15 is 0 Å². The second-order valence-electron chi connectivity index (χ2n) is 5.75. The van der Waals surface area contributed by atoms with Gasteiger partial charge in [0.05, 0.1) is 12.1 Å². The SMILES string of the molecule is CC1(O)CCN(CC(=O)N2CCCCCC2)C1. The first kappa shape index (κ1) is 12.8. The molecule has 0 radical (unpaired) electrons. The van der Waals surface area contributed by atoms with Crippen molar-refractivity contribution in [3.8, 4) is 0 Å². The molecule has 1 atom stereocenters. The van der Waals surface area contributed by atoms with Crippen molar-refractivity contribution in [2.45, 2.75) is 44.6 Å². The first-order valence-electron chi connectivity index (χ1n) is 6.79. The molecule has 17 heavy (non-hydrogen) atoms. The summed E-state index contributed by atoms with van der Waals surface area (Å²) in [7, 11) is 0. The van der Waals surface area contributed by atoms with Gasteiger partial charge in [0.2, 0.25) is 5.91 Å². The monoisotopic (exact) mass is 240 g/mol. The average Bonchev–Trinajstić information content (AvgIpc) is 2.52. The third-order valence-electron chi connectivity index (χ3n) is 3.85. The number of carbonyl (C=O) groups excluding carboxylic acids is 1. The lowest BCUT2D eigenvalue weighted by molar-refractivity contribution is -0.132. The summed E-state index contributed by atoms with van der Waals surface area (Å²) in [5.74, 6) is 0.240. The smallest absolute Gasteiger partial charge is 0.236 e. The van der Waals surface area contributed by atoms with Gasteiger partial charge in [-0.25, -0.2) is 0 Å². The maximum atomic E-state index is 12.1. The lowest BCUT2D eigenvalue weighted by Crippen LogP contribution is -2.41. The summed E-state index contributed by atoms with van der Waals surface area (Å²) in [4.78, 5) is 16.2. The van der Waals surface area contributed by atoms with Crippen molar-refractivity contribution < 1.29 is 9.90 Å². The quantitative estimate of drug-likeness (QED) is 0.778. The van der Waals surface area contributed by atoms with Gasteiger partial charge in [-0.15, -0.1) is 0 Å². The van der Waals surface area contributed by atoms with Gasteiger partial charge in [-0.1, -0.05) is 12.8 Å². The Morgan fingerprint density at radius 1 is 1.18 bits per heavy atom. The van der Waals surface area contributed by atoms with Crippen LogP contribution in [0.3, 0.4) is 0 Å². The second-order valence-corrected chi connectivity index (χ2v) is 5.75. The van der Waals surface area contributed by atoms with Crippen molar-refractivity contribution in [1.82, 2.24) is 9.80 Å². The van der Waals surface area contributed by atoms with Gasteiger partial charge in [0.1, 0.15) is 0 Å². The van der Waals surface area contributed by atoms with Gasteiger partial charge < -0.3 is 10.0 Å². The van der Waals surface area contributed by atoms with Crippen molar-refractivity contribution in [1.29, 1.82) is 0 Å². The Kier molecular flexibility index (Phi) is 4.05. The van der Waals surface area contributed by atoms with E-state index < -0.39 is 5.60 Å². The molecule has 4 nitrogen and oxygen atoms in total. The molecular formula is C13H24N2O2. The third kappa shape index (κ3) is 3.68. The van der Waals surface area contributed by atoms with Crippen LogP contribution in [0.2, 0.25) is 0 Å². The molecule has 0 spiro atoms. The molecule has 1 N–H and O–H groups in total. The van der Waals surface area contributed by atoms with Gasteiger partial charge in [-0.05, 0) is 26.2 Å². The molecule has 0 bridgehead atoms. The molecule has 2 rings (SSSR count). The maximum absolute atomic E-state index is 12.1. The molecule has 2 aliphatic rings. The fourth-order valence-corrected chi connectivity index (χ4v) is 2.79. The molecule has 1 amide bonds. The van der Waals surface area contributed by atoms with E-state index in [-0.39, 0.29) is 5.91 Å². The van der Waals surface area contributed by atoms with Crippen LogP contribution in [0.1, 0.15) is 39.0 Å². The zero-order valence-corrected chi connectivity index (χ0v) is 10.8. The summed E-state index contributed by atoms with van der Waals surface area (Å²) in [6, 6.07) is 0. The molecule has 1 unspecified atom stereocenters. The van der Waals surface area contributed by atoms with Crippen LogP contribution in [0.25, 0.3) is 0 Å². The molecule has 2 saturated heterocycles. The van der Waals surface area contributed by atoms with Crippen LogP contribution in [-0.4, -0.2) is 59.1 Å². The highest BCUT2D eigenvalue weighted by atomic mass is 16.3. The van der Waals surface area contributed by atoms with Crippen LogP contribution in [0.15, 0.2) is 0 Å². The fraction of sp³-hybridized carbons (Fsp3) is 0.923. The Hall–Kier alpha value is -0.610. The Labute approximate surface area is 104 Å². The zero-order chi connectivity index (χ0) is 12.3. The Balaban J connectivity index is 1.80. The van der Waals surface area contributed by atoms with Crippen LogP contribution < -0.4 is 0 Å². The lowest BCUT2D eigenvalue weighted by Gasteiger charge is -2.24. The predicted octanol–water partition coefficient (Wildman–Crippen LogP) is 0.846. The number of amides is 1. The van der Waals surface area contributed by atoms with E-state index in [9.17, 15) is 9.90 Å². The summed E-state index contributed by atoms with van der Waals surface area (Å²) in [5.41, 5.74) is -0.598. The molecule has 0 aromatic heterocycles. The van der Waals surface area contributed by atoms with Crippen molar-refractivity contribution >= 4 is 5.91 Å². The van der Waals surface area contributed by atoms with Gasteiger partial charge in [0, 0.05) is 26.2 Å². The number of aliphatic hydroxyl groups is 1. The van der Waals surface area contributed by atoms with Gasteiger partial charge in [0.25, 0.3) is 0 Å². The number of carbonyl (C=O) groups is 1. The molecule has 2 fully saturated rings. The molecule has 98 valence electrons. The number of hydrogen-bond donors (Lipinski definition) is 1. The summed E-state index contributed by atoms with van der Waals surface area (Å²) < 4.78 is 0. The van der Waals surface area contributed by atoms with Crippen LogP contribution in [-0.2, 0) is 4.79 Å². The number of rotatable bonds is 2. The molecular weight excluding hydrogens is 216 g/mol. The Morgan fingerprint density at radius 3 is 2.35 bits per heavy atom. The standard InChI is InChI=1S/C13H24N2O2/c1-13(17)6-9-14(11-13)10-12(16)15-7-4-2-3-5-8-15/h17H,2-11H2,1H3. The first-order chi connectivity index (χ1) is 8.07. The third-order valence-corrected chi connectivity index (χ3v) is 3.85. The zero-order valence-electron chi connectivity index (χ0n) is 10.8. The first-order valence-corrected chi connectivity index (χ1v) is 6.79. The van der Waals surface area contributed by atoms with Crippen LogP contribution in [0.4, 0.5) is 0 Å². The fourth-order valence-electron chi connectivity index (χ4n) is 2.79. The Morgan fingerprint density at radius 2 is 1.82 bits per heavy atom. The van der Waals surface area contributed by atoms with E-state index in [0.29, 0.717) is 13.1 Å². The highest BCUT2D eigenvalue weighted by Gasteiger charge is 2.32.